The summed E-state index contributed by atoms with van der Waals surface area (Å²) in [4.78, 5) is 0. The molecule has 0 aliphatic carbocycles. The van der Waals surface area contributed by atoms with Crippen LogP contribution < -0.4 is 0 Å². The van der Waals surface area contributed by atoms with Gasteiger partial charge in [0.2, 0.25) is 0 Å². The molecule has 0 amide bonds. The van der Waals surface area contributed by atoms with Gasteiger partial charge in [0, 0.05) is 6.42 Å². The lowest BCUT2D eigenvalue weighted by Gasteiger charge is -2.16. The van der Waals surface area contributed by atoms with Crippen LogP contribution >= 0.6 is 0 Å². The van der Waals surface area contributed by atoms with Crippen molar-refractivity contribution in [3.8, 4) is 0 Å². The Kier molecular flexibility index (Phi) is 3.26. The predicted octanol–water partition coefficient (Wildman–Crippen LogP) is 0.667. The molecule has 0 aromatic heterocycles. The number of hydrogen-bond donors (Lipinski definition) is 2. The van der Waals surface area contributed by atoms with Gasteiger partial charge in [-0.2, -0.15) is 0 Å². The molecule has 1 saturated heterocycles. The third-order valence-electron chi connectivity index (χ3n) is 2.29. The smallest absolute Gasteiger partial charge is 0.181 e. The second-order valence-corrected chi connectivity index (χ2v) is 3.37. The summed E-state index contributed by atoms with van der Waals surface area (Å²) in [6.45, 7) is 5.65. The monoisotopic (exact) mass is 172 g/mol. The first-order chi connectivity index (χ1) is 5.65. The molecule has 0 aromatic rings. The maximum Gasteiger partial charge on any atom is 0.181 e. The Bertz CT molecular complexity index is 148. The van der Waals surface area contributed by atoms with Crippen LogP contribution in [0.1, 0.15) is 19.8 Å². The van der Waals surface area contributed by atoms with E-state index < -0.39 is 12.4 Å². The SMILES string of the molecule is C=CC[C@@H](C)[C@@H]1C[C@@H](O)C(O)O1. The van der Waals surface area contributed by atoms with E-state index in [1.54, 1.807) is 0 Å². The Morgan fingerprint density at radius 3 is 2.75 bits per heavy atom. The van der Waals surface area contributed by atoms with Crippen LogP contribution in [0.25, 0.3) is 0 Å². The van der Waals surface area contributed by atoms with Crippen LogP contribution in [0.2, 0.25) is 0 Å². The van der Waals surface area contributed by atoms with Gasteiger partial charge in [-0.1, -0.05) is 13.0 Å². The highest BCUT2D eigenvalue weighted by Crippen LogP contribution is 2.26. The minimum absolute atomic E-state index is 0.0343. The largest absolute Gasteiger partial charge is 0.388 e. The molecule has 1 aliphatic heterocycles. The van der Waals surface area contributed by atoms with E-state index in [9.17, 15) is 5.11 Å². The highest BCUT2D eigenvalue weighted by molar-refractivity contribution is 4.83. The number of ether oxygens (including phenoxy) is 1. The van der Waals surface area contributed by atoms with E-state index in [-0.39, 0.29) is 6.10 Å². The fourth-order valence-electron chi connectivity index (χ4n) is 1.46. The van der Waals surface area contributed by atoms with E-state index in [0.717, 1.165) is 6.42 Å². The van der Waals surface area contributed by atoms with Gasteiger partial charge in [-0.15, -0.1) is 6.58 Å². The van der Waals surface area contributed by atoms with Crippen molar-refractivity contribution in [2.75, 3.05) is 0 Å². The fraction of sp³-hybridized carbons (Fsp3) is 0.778. The third kappa shape index (κ3) is 2.06. The molecule has 1 fully saturated rings. The van der Waals surface area contributed by atoms with Crippen molar-refractivity contribution < 1.29 is 14.9 Å². The lowest BCUT2D eigenvalue weighted by molar-refractivity contribution is -0.134. The van der Waals surface area contributed by atoms with E-state index in [2.05, 4.69) is 6.58 Å². The highest BCUT2D eigenvalue weighted by Gasteiger charge is 2.34. The van der Waals surface area contributed by atoms with Crippen LogP contribution in [0.3, 0.4) is 0 Å². The topological polar surface area (TPSA) is 49.7 Å². The maximum atomic E-state index is 9.18. The fourth-order valence-corrected chi connectivity index (χ4v) is 1.46. The summed E-state index contributed by atoms with van der Waals surface area (Å²) < 4.78 is 5.15. The summed E-state index contributed by atoms with van der Waals surface area (Å²) in [5.41, 5.74) is 0. The Morgan fingerprint density at radius 2 is 2.33 bits per heavy atom. The number of aliphatic hydroxyl groups excluding tert-OH is 2. The molecular weight excluding hydrogens is 156 g/mol. The lowest BCUT2D eigenvalue weighted by Crippen LogP contribution is -2.19. The molecular formula is C9H16O3. The number of hydrogen-bond acceptors (Lipinski definition) is 3. The zero-order valence-electron chi connectivity index (χ0n) is 7.31. The van der Waals surface area contributed by atoms with E-state index in [1.165, 1.54) is 0 Å². The molecule has 4 atom stereocenters. The Hall–Kier alpha value is -0.380. The average Bonchev–Trinajstić information content (AvgIpc) is 2.33. The molecule has 2 N–H and O–H groups in total. The van der Waals surface area contributed by atoms with E-state index >= 15 is 0 Å². The Morgan fingerprint density at radius 1 is 1.67 bits per heavy atom. The minimum Gasteiger partial charge on any atom is -0.388 e. The normalized spacial score (nSPS) is 38.1. The first-order valence-corrected chi connectivity index (χ1v) is 4.27. The third-order valence-corrected chi connectivity index (χ3v) is 2.29. The second kappa shape index (κ2) is 4.03. The van der Waals surface area contributed by atoms with Crippen LogP contribution in [-0.2, 0) is 4.74 Å². The molecule has 3 heteroatoms. The van der Waals surface area contributed by atoms with Crippen molar-refractivity contribution in [1.82, 2.24) is 0 Å². The van der Waals surface area contributed by atoms with Gasteiger partial charge < -0.3 is 14.9 Å². The van der Waals surface area contributed by atoms with Crippen molar-refractivity contribution in [3.05, 3.63) is 12.7 Å². The molecule has 3 nitrogen and oxygen atoms in total. The second-order valence-electron chi connectivity index (χ2n) is 3.37. The van der Waals surface area contributed by atoms with Gasteiger partial charge in [0.15, 0.2) is 6.29 Å². The van der Waals surface area contributed by atoms with Crippen LogP contribution in [0.15, 0.2) is 12.7 Å². The van der Waals surface area contributed by atoms with Crippen molar-refractivity contribution in [2.45, 2.75) is 38.3 Å². The molecule has 1 heterocycles. The van der Waals surface area contributed by atoms with Crippen LogP contribution in [-0.4, -0.2) is 28.7 Å². The van der Waals surface area contributed by atoms with E-state index in [1.807, 2.05) is 13.0 Å². The number of aliphatic hydroxyl groups is 2. The van der Waals surface area contributed by atoms with Gasteiger partial charge in [-0.3, -0.25) is 0 Å². The standard InChI is InChI=1S/C9H16O3/c1-3-4-6(2)8-5-7(10)9(11)12-8/h3,6-11H,1,4-5H2,2H3/t6-,7-,8+,9?/m1/s1. The predicted molar refractivity (Wildman–Crippen MR) is 45.5 cm³/mol. The van der Waals surface area contributed by atoms with Gasteiger partial charge in [0.1, 0.15) is 6.10 Å². The van der Waals surface area contributed by atoms with Crippen LogP contribution in [0.4, 0.5) is 0 Å². The Labute approximate surface area is 72.7 Å². The summed E-state index contributed by atoms with van der Waals surface area (Å²) in [6.07, 6.45) is 1.45. The van der Waals surface area contributed by atoms with E-state index in [4.69, 9.17) is 9.84 Å². The van der Waals surface area contributed by atoms with E-state index in [0.29, 0.717) is 12.3 Å². The molecule has 0 bridgehead atoms. The van der Waals surface area contributed by atoms with Crippen molar-refractivity contribution >= 4 is 0 Å². The van der Waals surface area contributed by atoms with Crippen LogP contribution in [0.5, 0.6) is 0 Å². The lowest BCUT2D eigenvalue weighted by atomic mass is 9.98. The molecule has 0 aromatic carbocycles. The highest BCUT2D eigenvalue weighted by atomic mass is 16.6. The van der Waals surface area contributed by atoms with Gasteiger partial charge >= 0.3 is 0 Å². The molecule has 0 radical (unpaired) electrons. The van der Waals surface area contributed by atoms with Gasteiger partial charge in [0.05, 0.1) is 6.10 Å². The van der Waals surface area contributed by atoms with Gasteiger partial charge in [-0.05, 0) is 12.3 Å². The summed E-state index contributed by atoms with van der Waals surface area (Å²) in [5, 5.41) is 18.3. The van der Waals surface area contributed by atoms with Gasteiger partial charge in [-0.25, -0.2) is 0 Å². The molecule has 0 spiro atoms. The zero-order chi connectivity index (χ0) is 9.14. The Balaban J connectivity index is 2.39. The molecule has 1 rings (SSSR count). The molecule has 0 saturated carbocycles. The van der Waals surface area contributed by atoms with Gasteiger partial charge in [0.25, 0.3) is 0 Å². The molecule has 1 aliphatic rings. The average molecular weight is 172 g/mol. The van der Waals surface area contributed by atoms with Crippen molar-refractivity contribution in [2.24, 2.45) is 5.92 Å². The molecule has 70 valence electrons. The summed E-state index contributed by atoms with van der Waals surface area (Å²) in [5.74, 6) is 0.314. The summed E-state index contributed by atoms with van der Waals surface area (Å²) in [6, 6.07) is 0. The number of rotatable bonds is 3. The number of allylic oxidation sites excluding steroid dienone is 1. The van der Waals surface area contributed by atoms with Crippen molar-refractivity contribution in [3.63, 3.8) is 0 Å². The zero-order valence-corrected chi connectivity index (χ0v) is 7.31. The first kappa shape index (κ1) is 9.71. The molecule has 12 heavy (non-hydrogen) atoms. The first-order valence-electron chi connectivity index (χ1n) is 4.27. The summed E-state index contributed by atoms with van der Waals surface area (Å²) in [7, 11) is 0. The minimum atomic E-state index is -0.998. The summed E-state index contributed by atoms with van der Waals surface area (Å²) >= 11 is 0. The van der Waals surface area contributed by atoms with Crippen molar-refractivity contribution in [1.29, 1.82) is 0 Å². The quantitative estimate of drug-likeness (QED) is 0.615. The van der Waals surface area contributed by atoms with Crippen LogP contribution in [0, 0.1) is 5.92 Å². The molecule has 1 unspecified atom stereocenters. The maximum absolute atomic E-state index is 9.18.